The van der Waals surface area contributed by atoms with Gasteiger partial charge in [-0.2, -0.15) is 0 Å². The second-order valence-electron chi connectivity index (χ2n) is 2.79. The van der Waals surface area contributed by atoms with Gasteiger partial charge in [0, 0.05) is 7.11 Å². The third kappa shape index (κ3) is 3.12. The lowest BCUT2D eigenvalue weighted by Gasteiger charge is -2.05. The molecule has 76 valence electrons. The fourth-order valence-corrected chi connectivity index (χ4v) is 1.09. The van der Waals surface area contributed by atoms with Crippen LogP contribution in [0.2, 0.25) is 0 Å². The van der Waals surface area contributed by atoms with E-state index in [-0.39, 0.29) is 0 Å². The van der Waals surface area contributed by atoms with E-state index < -0.39 is 7.12 Å². The van der Waals surface area contributed by atoms with Crippen molar-refractivity contribution in [3.63, 3.8) is 0 Å². The SMILES string of the molecule is COCc1ccc(B(O)OOC)cc1. The monoisotopic (exact) mass is 196 g/mol. The summed E-state index contributed by atoms with van der Waals surface area (Å²) in [5.41, 5.74) is 1.69. The number of rotatable bonds is 5. The first-order valence-electron chi connectivity index (χ1n) is 4.23. The first kappa shape index (κ1) is 11.2. The van der Waals surface area contributed by atoms with Crippen LogP contribution in [0.3, 0.4) is 0 Å². The first-order chi connectivity index (χ1) is 6.77. The van der Waals surface area contributed by atoms with Crippen molar-refractivity contribution in [1.82, 2.24) is 0 Å². The van der Waals surface area contributed by atoms with Crippen molar-refractivity contribution in [1.29, 1.82) is 0 Å². The van der Waals surface area contributed by atoms with E-state index in [0.29, 0.717) is 12.1 Å². The molecule has 0 fully saturated rings. The molecule has 1 aromatic carbocycles. The van der Waals surface area contributed by atoms with E-state index in [9.17, 15) is 5.02 Å². The van der Waals surface area contributed by atoms with Crippen LogP contribution in [-0.4, -0.2) is 26.4 Å². The van der Waals surface area contributed by atoms with Crippen LogP contribution < -0.4 is 5.46 Å². The molecule has 0 bridgehead atoms. The van der Waals surface area contributed by atoms with E-state index in [2.05, 4.69) is 9.69 Å². The van der Waals surface area contributed by atoms with Crippen LogP contribution in [0.5, 0.6) is 0 Å². The number of methoxy groups -OCH3 is 1. The van der Waals surface area contributed by atoms with Gasteiger partial charge in [0.1, 0.15) is 0 Å². The van der Waals surface area contributed by atoms with Gasteiger partial charge in [0.05, 0.1) is 13.7 Å². The minimum Gasteiger partial charge on any atom is -0.422 e. The summed E-state index contributed by atoms with van der Waals surface area (Å²) < 4.78 is 4.96. The lowest BCUT2D eigenvalue weighted by Crippen LogP contribution is -2.33. The van der Waals surface area contributed by atoms with Gasteiger partial charge < -0.3 is 9.76 Å². The quantitative estimate of drug-likeness (QED) is 0.412. The van der Waals surface area contributed by atoms with Crippen LogP contribution in [0.1, 0.15) is 5.56 Å². The van der Waals surface area contributed by atoms with Crippen molar-refractivity contribution >= 4 is 12.6 Å². The van der Waals surface area contributed by atoms with Gasteiger partial charge in [-0.15, -0.1) is 0 Å². The molecule has 0 saturated heterocycles. The van der Waals surface area contributed by atoms with Gasteiger partial charge in [0.25, 0.3) is 0 Å². The van der Waals surface area contributed by atoms with Crippen LogP contribution in [0.25, 0.3) is 0 Å². The third-order valence-electron chi connectivity index (χ3n) is 1.76. The number of hydrogen-bond acceptors (Lipinski definition) is 4. The fourth-order valence-electron chi connectivity index (χ4n) is 1.09. The Hall–Kier alpha value is -0.875. The highest BCUT2D eigenvalue weighted by Gasteiger charge is 2.16. The van der Waals surface area contributed by atoms with Crippen LogP contribution in [0.15, 0.2) is 24.3 Å². The van der Waals surface area contributed by atoms with E-state index >= 15 is 0 Å². The highest BCUT2D eigenvalue weighted by molar-refractivity contribution is 6.59. The highest BCUT2D eigenvalue weighted by atomic mass is 17.2. The van der Waals surface area contributed by atoms with Gasteiger partial charge in [-0.3, -0.25) is 9.69 Å². The zero-order valence-electron chi connectivity index (χ0n) is 8.27. The largest absolute Gasteiger partial charge is 0.522 e. The third-order valence-corrected chi connectivity index (χ3v) is 1.76. The minimum absolute atomic E-state index is 0.557. The maximum absolute atomic E-state index is 9.36. The highest BCUT2D eigenvalue weighted by Crippen LogP contribution is 1.99. The van der Waals surface area contributed by atoms with Crippen molar-refractivity contribution in [2.75, 3.05) is 14.2 Å². The van der Waals surface area contributed by atoms with Gasteiger partial charge in [-0.05, 0) is 11.0 Å². The molecule has 0 aliphatic rings. The van der Waals surface area contributed by atoms with Crippen molar-refractivity contribution in [3.8, 4) is 0 Å². The molecular weight excluding hydrogens is 183 g/mol. The Bertz CT molecular complexity index is 262. The molecule has 0 aliphatic carbocycles. The molecule has 0 radical (unpaired) electrons. The zero-order chi connectivity index (χ0) is 10.4. The van der Waals surface area contributed by atoms with E-state index in [4.69, 9.17) is 4.74 Å². The normalized spacial score (nSPS) is 10.2. The Labute approximate surface area is 83.5 Å². The van der Waals surface area contributed by atoms with Crippen molar-refractivity contribution in [3.05, 3.63) is 29.8 Å². The van der Waals surface area contributed by atoms with Crippen LogP contribution in [0.4, 0.5) is 0 Å². The van der Waals surface area contributed by atoms with Gasteiger partial charge in [0.15, 0.2) is 0 Å². The van der Waals surface area contributed by atoms with Crippen molar-refractivity contribution < 1.29 is 19.5 Å². The summed E-state index contributed by atoms with van der Waals surface area (Å²) in [4.78, 5) is 8.91. The van der Waals surface area contributed by atoms with E-state index in [0.717, 1.165) is 5.56 Å². The predicted octanol–water partition coefficient (Wildman–Crippen LogP) is 0.0985. The van der Waals surface area contributed by atoms with Gasteiger partial charge in [0.2, 0.25) is 0 Å². The molecule has 1 rings (SSSR count). The molecule has 0 spiro atoms. The summed E-state index contributed by atoms with van der Waals surface area (Å²) in [6.07, 6.45) is 0. The molecule has 0 heterocycles. The van der Waals surface area contributed by atoms with E-state index in [1.807, 2.05) is 12.1 Å². The summed E-state index contributed by atoms with van der Waals surface area (Å²) in [5, 5.41) is 9.36. The topological polar surface area (TPSA) is 47.9 Å². The number of benzene rings is 1. The summed E-state index contributed by atoms with van der Waals surface area (Å²) >= 11 is 0. The van der Waals surface area contributed by atoms with Gasteiger partial charge in [-0.25, -0.2) is 0 Å². The van der Waals surface area contributed by atoms with Crippen LogP contribution in [0, 0.1) is 0 Å². The van der Waals surface area contributed by atoms with E-state index in [1.165, 1.54) is 7.11 Å². The minimum atomic E-state index is -1.04. The molecule has 0 unspecified atom stereocenters. The summed E-state index contributed by atoms with van der Waals surface area (Å²) in [6, 6.07) is 7.25. The number of ether oxygens (including phenoxy) is 1. The summed E-state index contributed by atoms with van der Waals surface area (Å²) in [7, 11) is 1.94. The molecule has 0 saturated carbocycles. The molecule has 0 aromatic heterocycles. The lowest BCUT2D eigenvalue weighted by molar-refractivity contribution is -0.193. The molecule has 4 nitrogen and oxygen atoms in total. The molecule has 0 aliphatic heterocycles. The lowest BCUT2D eigenvalue weighted by atomic mass is 9.80. The average Bonchev–Trinajstić information content (AvgIpc) is 2.20. The maximum Gasteiger partial charge on any atom is 0.522 e. The Balaban J connectivity index is 2.62. The van der Waals surface area contributed by atoms with Crippen molar-refractivity contribution in [2.45, 2.75) is 6.61 Å². The Morgan fingerprint density at radius 2 is 1.86 bits per heavy atom. The standard InChI is InChI=1S/C9H13BO4/c1-12-7-8-3-5-9(6-4-8)10(11)14-13-2/h3-6,11H,7H2,1-2H3. The molecule has 1 N–H and O–H groups in total. The van der Waals surface area contributed by atoms with Crippen LogP contribution >= 0.6 is 0 Å². The molecule has 14 heavy (non-hydrogen) atoms. The van der Waals surface area contributed by atoms with Crippen LogP contribution in [-0.2, 0) is 21.0 Å². The molecule has 5 heteroatoms. The second kappa shape index (κ2) is 5.77. The Kier molecular flexibility index (Phi) is 4.62. The van der Waals surface area contributed by atoms with Gasteiger partial charge in [-0.1, -0.05) is 24.3 Å². The second-order valence-corrected chi connectivity index (χ2v) is 2.79. The molecule has 0 atom stereocenters. The maximum atomic E-state index is 9.36. The van der Waals surface area contributed by atoms with Gasteiger partial charge >= 0.3 is 7.12 Å². The zero-order valence-corrected chi connectivity index (χ0v) is 8.27. The molecule has 0 amide bonds. The Morgan fingerprint density at radius 3 is 2.36 bits per heavy atom. The Morgan fingerprint density at radius 1 is 1.21 bits per heavy atom. The molecular formula is C9H13BO4. The van der Waals surface area contributed by atoms with Crippen molar-refractivity contribution in [2.24, 2.45) is 0 Å². The number of hydrogen-bond donors (Lipinski definition) is 1. The summed E-state index contributed by atoms with van der Waals surface area (Å²) in [5.74, 6) is 0. The molecule has 1 aromatic rings. The fraction of sp³-hybridized carbons (Fsp3) is 0.333. The summed E-state index contributed by atoms with van der Waals surface area (Å²) in [6.45, 7) is 0.557. The first-order valence-corrected chi connectivity index (χ1v) is 4.23. The average molecular weight is 196 g/mol. The smallest absolute Gasteiger partial charge is 0.422 e. The predicted molar refractivity (Wildman–Crippen MR) is 52.9 cm³/mol. The van der Waals surface area contributed by atoms with E-state index in [1.54, 1.807) is 19.2 Å².